The lowest BCUT2D eigenvalue weighted by atomic mass is 9.77. The zero-order chi connectivity index (χ0) is 13.9. The molecular weight excluding hydrogens is 262 g/mol. The summed E-state index contributed by atoms with van der Waals surface area (Å²) < 4.78 is 0. The smallest absolute Gasteiger partial charge is 0.311 e. The molecule has 0 saturated carbocycles. The Bertz CT molecular complexity index is 457. The minimum absolute atomic E-state index is 0.0391. The third-order valence-electron chi connectivity index (χ3n) is 4.00. The van der Waals surface area contributed by atoms with Gasteiger partial charge in [-0.05, 0) is 41.7 Å². The van der Waals surface area contributed by atoms with E-state index in [2.05, 4.69) is 0 Å². The number of thiophene rings is 1. The number of aliphatic carboxylic acids is 1. The van der Waals surface area contributed by atoms with Crippen molar-refractivity contribution in [1.82, 2.24) is 4.90 Å². The van der Waals surface area contributed by atoms with Gasteiger partial charge in [0.2, 0.25) is 5.91 Å². The second-order valence-corrected chi connectivity index (χ2v) is 5.95. The van der Waals surface area contributed by atoms with Crippen molar-refractivity contribution in [1.29, 1.82) is 0 Å². The molecule has 19 heavy (non-hydrogen) atoms. The molecule has 1 saturated heterocycles. The Morgan fingerprint density at radius 3 is 2.89 bits per heavy atom. The number of carbonyl (C=O) groups excluding carboxylic acids is 1. The molecule has 0 aromatic carbocycles. The van der Waals surface area contributed by atoms with Gasteiger partial charge in [-0.2, -0.15) is 11.3 Å². The summed E-state index contributed by atoms with van der Waals surface area (Å²) in [6, 6.07) is 1.94. The summed E-state index contributed by atoms with van der Waals surface area (Å²) >= 11 is 1.57. The van der Waals surface area contributed by atoms with Crippen LogP contribution in [-0.4, -0.2) is 35.0 Å². The highest BCUT2D eigenvalue weighted by atomic mass is 32.1. The van der Waals surface area contributed by atoms with Gasteiger partial charge in [-0.15, -0.1) is 0 Å². The predicted molar refractivity (Wildman–Crippen MR) is 74.2 cm³/mol. The molecular formula is C14H19NO3S. The van der Waals surface area contributed by atoms with Gasteiger partial charge < -0.3 is 10.0 Å². The summed E-state index contributed by atoms with van der Waals surface area (Å²) in [5, 5.41) is 13.3. The molecule has 0 radical (unpaired) electrons. The van der Waals surface area contributed by atoms with Crippen LogP contribution in [0.15, 0.2) is 16.8 Å². The SMILES string of the molecule is CCC1(C(=O)O)CCCN(C(=O)Cc2ccsc2)C1. The van der Waals surface area contributed by atoms with E-state index < -0.39 is 11.4 Å². The van der Waals surface area contributed by atoms with Crippen LogP contribution in [0.1, 0.15) is 31.7 Å². The van der Waals surface area contributed by atoms with Crippen LogP contribution in [0, 0.1) is 5.41 Å². The number of carboxylic acid groups (broad SMARTS) is 1. The molecule has 1 amide bonds. The lowest BCUT2D eigenvalue weighted by Crippen LogP contribution is -2.50. The average molecular weight is 281 g/mol. The molecule has 1 fully saturated rings. The molecule has 2 heterocycles. The van der Waals surface area contributed by atoms with Gasteiger partial charge in [0, 0.05) is 13.1 Å². The highest BCUT2D eigenvalue weighted by Gasteiger charge is 2.41. The fourth-order valence-electron chi connectivity index (χ4n) is 2.64. The summed E-state index contributed by atoms with van der Waals surface area (Å²) in [5.74, 6) is -0.736. The van der Waals surface area contributed by atoms with Crippen molar-refractivity contribution in [2.24, 2.45) is 5.41 Å². The molecule has 2 rings (SSSR count). The average Bonchev–Trinajstić information content (AvgIpc) is 2.91. The maximum absolute atomic E-state index is 12.2. The summed E-state index contributed by atoms with van der Waals surface area (Å²) in [5.41, 5.74) is 0.265. The van der Waals surface area contributed by atoms with Gasteiger partial charge in [0.25, 0.3) is 0 Å². The number of piperidine rings is 1. The standard InChI is InChI=1S/C14H19NO3S/c1-2-14(13(17)18)5-3-6-15(10-14)12(16)8-11-4-7-19-9-11/h4,7,9H,2-3,5-6,8,10H2,1H3,(H,17,18). The molecule has 1 aliphatic heterocycles. The second kappa shape index (κ2) is 5.74. The van der Waals surface area contributed by atoms with E-state index in [0.29, 0.717) is 32.4 Å². The Kier molecular flexibility index (Phi) is 4.24. The Labute approximate surface area is 117 Å². The minimum atomic E-state index is -0.775. The quantitative estimate of drug-likeness (QED) is 0.922. The van der Waals surface area contributed by atoms with E-state index in [0.717, 1.165) is 12.0 Å². The summed E-state index contributed by atoms with van der Waals surface area (Å²) in [6.07, 6.45) is 2.39. The fraction of sp³-hybridized carbons (Fsp3) is 0.571. The number of carbonyl (C=O) groups is 2. The number of rotatable bonds is 4. The Morgan fingerprint density at radius 2 is 2.32 bits per heavy atom. The molecule has 1 aromatic heterocycles. The first-order chi connectivity index (χ1) is 9.07. The molecule has 0 bridgehead atoms. The van der Waals surface area contributed by atoms with Crippen molar-refractivity contribution in [3.05, 3.63) is 22.4 Å². The number of nitrogens with zero attached hydrogens (tertiary/aromatic N) is 1. The van der Waals surface area contributed by atoms with Crippen LogP contribution < -0.4 is 0 Å². The molecule has 104 valence electrons. The van der Waals surface area contributed by atoms with Crippen molar-refractivity contribution in [2.75, 3.05) is 13.1 Å². The van der Waals surface area contributed by atoms with E-state index in [-0.39, 0.29) is 5.91 Å². The zero-order valence-corrected chi connectivity index (χ0v) is 11.9. The van der Waals surface area contributed by atoms with Crippen molar-refractivity contribution >= 4 is 23.2 Å². The normalized spacial score (nSPS) is 23.3. The molecule has 0 aliphatic carbocycles. The van der Waals surface area contributed by atoms with Crippen LogP contribution >= 0.6 is 11.3 Å². The topological polar surface area (TPSA) is 57.6 Å². The van der Waals surface area contributed by atoms with Crippen LogP contribution in [0.25, 0.3) is 0 Å². The number of carboxylic acids is 1. The van der Waals surface area contributed by atoms with Crippen molar-refractivity contribution in [3.8, 4) is 0 Å². The zero-order valence-electron chi connectivity index (χ0n) is 11.1. The predicted octanol–water partition coefficient (Wildman–Crippen LogP) is 2.39. The Hall–Kier alpha value is -1.36. The van der Waals surface area contributed by atoms with Gasteiger partial charge in [-0.1, -0.05) is 6.92 Å². The third kappa shape index (κ3) is 2.97. The second-order valence-electron chi connectivity index (χ2n) is 5.17. The van der Waals surface area contributed by atoms with E-state index in [9.17, 15) is 14.7 Å². The van der Waals surface area contributed by atoms with Crippen LogP contribution in [0.3, 0.4) is 0 Å². The summed E-state index contributed by atoms with van der Waals surface area (Å²) in [7, 11) is 0. The molecule has 1 unspecified atom stereocenters. The highest BCUT2D eigenvalue weighted by molar-refractivity contribution is 7.07. The van der Waals surface area contributed by atoms with Crippen LogP contribution in [-0.2, 0) is 16.0 Å². The molecule has 0 spiro atoms. The van der Waals surface area contributed by atoms with Crippen LogP contribution in [0.5, 0.6) is 0 Å². The van der Waals surface area contributed by atoms with E-state index in [1.807, 2.05) is 23.8 Å². The van der Waals surface area contributed by atoms with Gasteiger partial charge >= 0.3 is 5.97 Å². The molecule has 4 nitrogen and oxygen atoms in total. The van der Waals surface area contributed by atoms with Crippen LogP contribution in [0.4, 0.5) is 0 Å². The van der Waals surface area contributed by atoms with Crippen molar-refractivity contribution in [3.63, 3.8) is 0 Å². The van der Waals surface area contributed by atoms with Gasteiger partial charge in [-0.25, -0.2) is 0 Å². The fourth-order valence-corrected chi connectivity index (χ4v) is 3.31. The van der Waals surface area contributed by atoms with Crippen molar-refractivity contribution < 1.29 is 14.7 Å². The molecule has 1 aliphatic rings. The van der Waals surface area contributed by atoms with Gasteiger partial charge in [0.05, 0.1) is 11.8 Å². The number of hydrogen-bond acceptors (Lipinski definition) is 3. The minimum Gasteiger partial charge on any atom is -0.481 e. The largest absolute Gasteiger partial charge is 0.481 e. The first-order valence-electron chi connectivity index (χ1n) is 6.59. The first kappa shape index (κ1) is 14.1. The highest BCUT2D eigenvalue weighted by Crippen LogP contribution is 2.33. The summed E-state index contributed by atoms with van der Waals surface area (Å²) in [4.78, 5) is 25.4. The molecule has 1 N–H and O–H groups in total. The van der Waals surface area contributed by atoms with Gasteiger partial charge in [0.15, 0.2) is 0 Å². The van der Waals surface area contributed by atoms with Crippen LogP contribution in [0.2, 0.25) is 0 Å². The molecule has 1 aromatic rings. The Balaban J connectivity index is 2.04. The van der Waals surface area contributed by atoms with E-state index in [1.54, 1.807) is 16.2 Å². The van der Waals surface area contributed by atoms with Crippen molar-refractivity contribution in [2.45, 2.75) is 32.6 Å². The monoisotopic (exact) mass is 281 g/mol. The summed E-state index contributed by atoms with van der Waals surface area (Å²) in [6.45, 7) is 2.92. The first-order valence-corrected chi connectivity index (χ1v) is 7.54. The van der Waals surface area contributed by atoms with Gasteiger partial charge in [-0.3, -0.25) is 9.59 Å². The lowest BCUT2D eigenvalue weighted by Gasteiger charge is -2.39. The maximum atomic E-state index is 12.2. The molecule has 1 atom stereocenters. The number of hydrogen-bond donors (Lipinski definition) is 1. The lowest BCUT2D eigenvalue weighted by molar-refractivity contribution is -0.155. The third-order valence-corrected chi connectivity index (χ3v) is 4.73. The van der Waals surface area contributed by atoms with E-state index in [1.165, 1.54) is 0 Å². The molecule has 5 heteroatoms. The van der Waals surface area contributed by atoms with E-state index >= 15 is 0 Å². The maximum Gasteiger partial charge on any atom is 0.311 e. The number of amides is 1. The number of likely N-dealkylation sites (tertiary alicyclic amines) is 1. The Morgan fingerprint density at radius 1 is 1.53 bits per heavy atom. The van der Waals surface area contributed by atoms with E-state index in [4.69, 9.17) is 0 Å². The van der Waals surface area contributed by atoms with Gasteiger partial charge in [0.1, 0.15) is 0 Å².